The molecule has 0 radical (unpaired) electrons. The minimum absolute atomic E-state index is 0.471. The molecule has 1 heterocycles. The summed E-state index contributed by atoms with van der Waals surface area (Å²) in [7, 11) is 1.64. The Labute approximate surface area is 105 Å². The van der Waals surface area contributed by atoms with Gasteiger partial charge >= 0.3 is 0 Å². The number of benzene rings is 1. The summed E-state index contributed by atoms with van der Waals surface area (Å²) in [6.45, 7) is 0.471. The predicted octanol–water partition coefficient (Wildman–Crippen LogP) is 3.32. The smallest absolute Gasteiger partial charge is 0.213 e. The number of methoxy groups -OCH3 is 1. The number of hydrogen-bond acceptors (Lipinski definition) is 3. The van der Waals surface area contributed by atoms with Gasteiger partial charge in [-0.1, -0.05) is 23.7 Å². The molecule has 3 nitrogen and oxygen atoms in total. The van der Waals surface area contributed by atoms with Crippen molar-refractivity contribution in [2.45, 2.75) is 6.61 Å². The van der Waals surface area contributed by atoms with Crippen molar-refractivity contribution in [3.05, 3.63) is 53.2 Å². The Balaban J connectivity index is 1.95. The molecule has 1 aromatic carbocycles. The molecule has 0 bridgehead atoms. The third-order valence-electron chi connectivity index (χ3n) is 2.25. The van der Waals surface area contributed by atoms with Gasteiger partial charge < -0.3 is 9.47 Å². The molecule has 4 heteroatoms. The zero-order valence-corrected chi connectivity index (χ0v) is 10.1. The standard InChI is InChI=1S/C13H12ClNO2/c1-16-12-5-2-10(3-6-12)9-17-13-7-4-11(14)8-15-13/h2-8H,9H2,1H3. The zero-order valence-electron chi connectivity index (χ0n) is 9.39. The van der Waals surface area contributed by atoms with Gasteiger partial charge in [-0.15, -0.1) is 0 Å². The van der Waals surface area contributed by atoms with Crippen LogP contribution in [0.15, 0.2) is 42.6 Å². The van der Waals surface area contributed by atoms with Gasteiger partial charge in [-0.3, -0.25) is 0 Å². The maximum absolute atomic E-state index is 5.73. The van der Waals surface area contributed by atoms with Crippen LogP contribution in [0.2, 0.25) is 5.02 Å². The monoisotopic (exact) mass is 249 g/mol. The third kappa shape index (κ3) is 3.36. The minimum Gasteiger partial charge on any atom is -0.497 e. The van der Waals surface area contributed by atoms with Crippen molar-refractivity contribution in [2.24, 2.45) is 0 Å². The van der Waals surface area contributed by atoms with Gasteiger partial charge in [0, 0.05) is 12.3 Å². The van der Waals surface area contributed by atoms with Crippen molar-refractivity contribution < 1.29 is 9.47 Å². The maximum atomic E-state index is 5.73. The molecule has 0 spiro atoms. The van der Waals surface area contributed by atoms with Gasteiger partial charge in [-0.2, -0.15) is 0 Å². The van der Waals surface area contributed by atoms with Gasteiger partial charge in [-0.05, 0) is 23.8 Å². The van der Waals surface area contributed by atoms with Crippen molar-refractivity contribution in [2.75, 3.05) is 7.11 Å². The van der Waals surface area contributed by atoms with Gasteiger partial charge in [0.05, 0.1) is 12.1 Å². The molecule has 0 atom stereocenters. The van der Waals surface area contributed by atoms with Gasteiger partial charge in [0.2, 0.25) is 5.88 Å². The quantitative estimate of drug-likeness (QED) is 0.833. The van der Waals surface area contributed by atoms with E-state index in [9.17, 15) is 0 Å². The van der Waals surface area contributed by atoms with Crippen LogP contribution >= 0.6 is 11.6 Å². The summed E-state index contributed by atoms with van der Waals surface area (Å²) >= 11 is 5.73. The summed E-state index contributed by atoms with van der Waals surface area (Å²) in [4.78, 5) is 4.05. The number of ether oxygens (including phenoxy) is 2. The predicted molar refractivity (Wildman–Crippen MR) is 66.6 cm³/mol. The van der Waals surface area contributed by atoms with E-state index in [-0.39, 0.29) is 0 Å². The maximum Gasteiger partial charge on any atom is 0.213 e. The van der Waals surface area contributed by atoms with Crippen LogP contribution in [0.1, 0.15) is 5.56 Å². The van der Waals surface area contributed by atoms with Crippen LogP contribution < -0.4 is 9.47 Å². The lowest BCUT2D eigenvalue weighted by Crippen LogP contribution is -1.96. The van der Waals surface area contributed by atoms with Gasteiger partial charge in [-0.25, -0.2) is 4.98 Å². The summed E-state index contributed by atoms with van der Waals surface area (Å²) < 4.78 is 10.6. The summed E-state index contributed by atoms with van der Waals surface area (Å²) in [6, 6.07) is 11.2. The minimum atomic E-state index is 0.471. The van der Waals surface area contributed by atoms with E-state index in [1.165, 1.54) is 0 Å². The first-order valence-corrected chi connectivity index (χ1v) is 5.53. The molecule has 0 aliphatic carbocycles. The average molecular weight is 250 g/mol. The highest BCUT2D eigenvalue weighted by Crippen LogP contribution is 2.15. The Morgan fingerprint density at radius 2 is 1.88 bits per heavy atom. The average Bonchev–Trinajstić information content (AvgIpc) is 2.39. The second-order valence-corrected chi connectivity index (χ2v) is 3.89. The fraction of sp³-hybridized carbons (Fsp3) is 0.154. The molecule has 17 heavy (non-hydrogen) atoms. The van der Waals surface area contributed by atoms with E-state index in [1.807, 2.05) is 24.3 Å². The van der Waals surface area contributed by atoms with Crippen molar-refractivity contribution in [1.82, 2.24) is 4.98 Å². The number of hydrogen-bond donors (Lipinski definition) is 0. The number of pyridine rings is 1. The second kappa shape index (κ2) is 5.55. The Morgan fingerprint density at radius 3 is 2.47 bits per heavy atom. The molecule has 2 rings (SSSR count). The number of aromatic nitrogens is 1. The van der Waals surface area contributed by atoms with E-state index in [0.717, 1.165) is 11.3 Å². The molecular weight excluding hydrogens is 238 g/mol. The van der Waals surface area contributed by atoms with Crippen LogP contribution in [0.5, 0.6) is 11.6 Å². The van der Waals surface area contributed by atoms with Gasteiger partial charge in [0.1, 0.15) is 12.4 Å². The highest BCUT2D eigenvalue weighted by Gasteiger charge is 1.98. The van der Waals surface area contributed by atoms with E-state index in [2.05, 4.69) is 4.98 Å². The fourth-order valence-corrected chi connectivity index (χ4v) is 1.44. The first-order chi connectivity index (χ1) is 8.28. The Bertz CT molecular complexity index is 468. The van der Waals surface area contributed by atoms with Crippen molar-refractivity contribution in [3.63, 3.8) is 0 Å². The molecule has 0 fully saturated rings. The van der Waals surface area contributed by atoms with Crippen LogP contribution in [0.4, 0.5) is 0 Å². The molecule has 0 saturated heterocycles. The first-order valence-electron chi connectivity index (χ1n) is 5.15. The molecule has 0 amide bonds. The lowest BCUT2D eigenvalue weighted by molar-refractivity contribution is 0.293. The molecule has 2 aromatic rings. The van der Waals surface area contributed by atoms with E-state index >= 15 is 0 Å². The van der Waals surface area contributed by atoms with Crippen LogP contribution in [0, 0.1) is 0 Å². The van der Waals surface area contributed by atoms with Crippen LogP contribution in [-0.4, -0.2) is 12.1 Å². The second-order valence-electron chi connectivity index (χ2n) is 3.45. The zero-order chi connectivity index (χ0) is 12.1. The van der Waals surface area contributed by atoms with Gasteiger partial charge in [0.25, 0.3) is 0 Å². The van der Waals surface area contributed by atoms with Crippen LogP contribution in [-0.2, 0) is 6.61 Å². The Hall–Kier alpha value is -1.74. The molecular formula is C13H12ClNO2. The topological polar surface area (TPSA) is 31.4 Å². The Morgan fingerprint density at radius 1 is 1.12 bits per heavy atom. The highest BCUT2D eigenvalue weighted by molar-refractivity contribution is 6.30. The van der Waals surface area contributed by atoms with Crippen molar-refractivity contribution in [3.8, 4) is 11.6 Å². The summed E-state index contributed by atoms with van der Waals surface area (Å²) in [5, 5.41) is 0.599. The SMILES string of the molecule is COc1ccc(COc2ccc(Cl)cn2)cc1. The molecule has 0 N–H and O–H groups in total. The third-order valence-corrected chi connectivity index (χ3v) is 2.47. The fourth-order valence-electron chi connectivity index (χ4n) is 1.33. The molecule has 0 saturated carbocycles. The summed E-state index contributed by atoms with van der Waals surface area (Å²) in [5.41, 5.74) is 1.06. The largest absolute Gasteiger partial charge is 0.497 e. The van der Waals surface area contributed by atoms with Crippen LogP contribution in [0.3, 0.4) is 0 Å². The number of nitrogens with zero attached hydrogens (tertiary/aromatic N) is 1. The van der Waals surface area contributed by atoms with Crippen molar-refractivity contribution >= 4 is 11.6 Å². The normalized spacial score (nSPS) is 10.0. The molecule has 0 aliphatic heterocycles. The van der Waals surface area contributed by atoms with Crippen LogP contribution in [0.25, 0.3) is 0 Å². The lowest BCUT2D eigenvalue weighted by atomic mass is 10.2. The summed E-state index contributed by atoms with van der Waals surface area (Å²) in [6.07, 6.45) is 1.56. The molecule has 0 aliphatic rings. The van der Waals surface area contributed by atoms with Gasteiger partial charge in [0.15, 0.2) is 0 Å². The Kier molecular flexibility index (Phi) is 3.83. The van der Waals surface area contributed by atoms with E-state index in [4.69, 9.17) is 21.1 Å². The molecule has 88 valence electrons. The van der Waals surface area contributed by atoms with E-state index in [0.29, 0.717) is 17.5 Å². The number of rotatable bonds is 4. The molecule has 0 unspecified atom stereocenters. The first kappa shape index (κ1) is 11.7. The van der Waals surface area contributed by atoms with E-state index < -0.39 is 0 Å². The van der Waals surface area contributed by atoms with E-state index in [1.54, 1.807) is 25.4 Å². The lowest BCUT2D eigenvalue weighted by Gasteiger charge is -2.06. The highest BCUT2D eigenvalue weighted by atomic mass is 35.5. The summed E-state index contributed by atoms with van der Waals surface area (Å²) in [5.74, 6) is 1.39. The molecule has 1 aromatic heterocycles. The number of halogens is 1. The van der Waals surface area contributed by atoms with Crippen molar-refractivity contribution in [1.29, 1.82) is 0 Å².